The van der Waals surface area contributed by atoms with Gasteiger partial charge < -0.3 is 15.4 Å². The van der Waals surface area contributed by atoms with Crippen LogP contribution in [-0.2, 0) is 4.79 Å². The van der Waals surface area contributed by atoms with E-state index in [1.807, 2.05) is 38.1 Å². The van der Waals surface area contributed by atoms with Crippen molar-refractivity contribution in [2.75, 3.05) is 18.2 Å². The average molecular weight is 396 g/mol. The van der Waals surface area contributed by atoms with Gasteiger partial charge in [0.05, 0.1) is 18.6 Å². The van der Waals surface area contributed by atoms with E-state index in [9.17, 15) is 9.59 Å². The van der Waals surface area contributed by atoms with Crippen molar-refractivity contribution in [3.8, 4) is 5.75 Å². The van der Waals surface area contributed by atoms with E-state index in [0.29, 0.717) is 15.2 Å². The van der Waals surface area contributed by atoms with Crippen LogP contribution in [0, 0.1) is 0 Å². The van der Waals surface area contributed by atoms with E-state index in [4.69, 9.17) is 4.74 Å². The molecular formula is C16H21N5O3S2. The summed E-state index contributed by atoms with van der Waals surface area (Å²) in [5.41, 5.74) is 0.780. The lowest BCUT2D eigenvalue weighted by Crippen LogP contribution is -2.43. The van der Waals surface area contributed by atoms with Crippen molar-refractivity contribution >= 4 is 45.9 Å². The Labute approximate surface area is 160 Å². The number of carbonyl (C=O) groups is 2. The SMILES string of the molecule is CC[C@H](C)NC(=O)NC(=O)CSc1nnc(Nc2ccccc2OC)s1. The van der Waals surface area contributed by atoms with Gasteiger partial charge in [-0.25, -0.2) is 4.79 Å². The zero-order valence-electron chi connectivity index (χ0n) is 14.7. The topological polar surface area (TPSA) is 105 Å². The molecule has 3 N–H and O–H groups in total. The molecule has 10 heteroatoms. The molecule has 1 atom stereocenters. The molecule has 1 heterocycles. The molecule has 0 spiro atoms. The Morgan fingerprint density at radius 3 is 2.81 bits per heavy atom. The van der Waals surface area contributed by atoms with E-state index in [0.717, 1.165) is 12.1 Å². The van der Waals surface area contributed by atoms with Gasteiger partial charge >= 0.3 is 6.03 Å². The van der Waals surface area contributed by atoms with E-state index in [-0.39, 0.29) is 17.7 Å². The number of thioether (sulfide) groups is 1. The Morgan fingerprint density at radius 2 is 2.08 bits per heavy atom. The molecule has 8 nitrogen and oxygen atoms in total. The minimum Gasteiger partial charge on any atom is -0.495 e. The number of hydrogen-bond donors (Lipinski definition) is 3. The number of ether oxygens (including phenoxy) is 1. The fourth-order valence-corrected chi connectivity index (χ4v) is 3.40. The molecule has 26 heavy (non-hydrogen) atoms. The summed E-state index contributed by atoms with van der Waals surface area (Å²) in [5.74, 6) is 0.394. The second kappa shape index (κ2) is 9.97. The number of aromatic nitrogens is 2. The minimum absolute atomic E-state index is 0.0160. The normalized spacial score (nSPS) is 11.5. The smallest absolute Gasteiger partial charge is 0.321 e. The van der Waals surface area contributed by atoms with Gasteiger partial charge in [0.25, 0.3) is 0 Å². The summed E-state index contributed by atoms with van der Waals surface area (Å²) in [5, 5.41) is 16.8. The van der Waals surface area contributed by atoms with Crippen molar-refractivity contribution in [3.05, 3.63) is 24.3 Å². The first-order chi connectivity index (χ1) is 12.5. The van der Waals surface area contributed by atoms with Crippen molar-refractivity contribution < 1.29 is 14.3 Å². The highest BCUT2D eigenvalue weighted by molar-refractivity contribution is 8.01. The van der Waals surface area contributed by atoms with Crippen LogP contribution in [0.15, 0.2) is 28.6 Å². The molecule has 0 saturated carbocycles. The van der Waals surface area contributed by atoms with E-state index in [2.05, 4.69) is 26.1 Å². The fourth-order valence-electron chi connectivity index (χ4n) is 1.83. The number of methoxy groups -OCH3 is 1. The maximum atomic E-state index is 11.8. The highest BCUT2D eigenvalue weighted by atomic mass is 32.2. The molecule has 0 fully saturated rings. The van der Waals surface area contributed by atoms with Crippen molar-refractivity contribution in [1.29, 1.82) is 0 Å². The standard InChI is InChI=1S/C16H21N5O3S2/c1-4-10(2)17-14(23)19-13(22)9-25-16-21-20-15(26-16)18-11-7-5-6-8-12(11)24-3/h5-8,10H,4,9H2,1-3H3,(H,18,20)(H2,17,19,22,23)/t10-/m0/s1. The van der Waals surface area contributed by atoms with Gasteiger partial charge in [0.15, 0.2) is 4.34 Å². The van der Waals surface area contributed by atoms with Gasteiger partial charge in [0.1, 0.15) is 5.75 Å². The molecule has 1 aromatic heterocycles. The first-order valence-corrected chi connectivity index (χ1v) is 9.78. The van der Waals surface area contributed by atoms with Crippen LogP contribution in [0.5, 0.6) is 5.75 Å². The summed E-state index contributed by atoms with van der Waals surface area (Å²) in [7, 11) is 1.60. The largest absolute Gasteiger partial charge is 0.495 e. The number of hydrogen-bond acceptors (Lipinski definition) is 8. The van der Waals surface area contributed by atoms with E-state index < -0.39 is 6.03 Å². The first-order valence-electron chi connectivity index (χ1n) is 7.98. The van der Waals surface area contributed by atoms with Crippen LogP contribution < -0.4 is 20.7 Å². The molecule has 0 unspecified atom stereocenters. The molecule has 2 aromatic rings. The zero-order valence-corrected chi connectivity index (χ0v) is 16.4. The predicted molar refractivity (Wildman–Crippen MR) is 103 cm³/mol. The van der Waals surface area contributed by atoms with Gasteiger partial charge in [-0.15, -0.1) is 10.2 Å². The lowest BCUT2D eigenvalue weighted by atomic mass is 10.3. The number of nitrogens with one attached hydrogen (secondary N) is 3. The summed E-state index contributed by atoms with van der Waals surface area (Å²) in [6.07, 6.45) is 0.795. The van der Waals surface area contributed by atoms with Gasteiger partial charge in [-0.2, -0.15) is 0 Å². The van der Waals surface area contributed by atoms with E-state index in [1.165, 1.54) is 23.1 Å². The van der Waals surface area contributed by atoms with E-state index >= 15 is 0 Å². The molecule has 1 aromatic carbocycles. The van der Waals surface area contributed by atoms with Crippen LogP contribution in [0.25, 0.3) is 0 Å². The number of imide groups is 1. The summed E-state index contributed by atoms with van der Waals surface area (Å²) in [4.78, 5) is 23.4. The molecule has 0 bridgehead atoms. The first kappa shape index (κ1) is 20.0. The van der Waals surface area contributed by atoms with Crippen molar-refractivity contribution in [2.45, 2.75) is 30.6 Å². The zero-order chi connectivity index (χ0) is 18.9. The van der Waals surface area contributed by atoms with Crippen LogP contribution >= 0.6 is 23.1 Å². The molecular weight excluding hydrogens is 374 g/mol. The number of amides is 3. The van der Waals surface area contributed by atoms with Crippen LogP contribution in [-0.4, -0.2) is 41.0 Å². The van der Waals surface area contributed by atoms with Gasteiger partial charge in [0, 0.05) is 6.04 Å². The Morgan fingerprint density at radius 1 is 1.31 bits per heavy atom. The quantitative estimate of drug-likeness (QED) is 0.590. The summed E-state index contributed by atoms with van der Waals surface area (Å²) in [6.45, 7) is 3.82. The van der Waals surface area contributed by atoms with Gasteiger partial charge in [0.2, 0.25) is 11.0 Å². The van der Waals surface area contributed by atoms with Crippen LogP contribution in [0.2, 0.25) is 0 Å². The third-order valence-electron chi connectivity index (χ3n) is 3.32. The molecule has 0 radical (unpaired) electrons. The number of urea groups is 1. The number of benzene rings is 1. The van der Waals surface area contributed by atoms with Crippen molar-refractivity contribution in [1.82, 2.24) is 20.8 Å². The highest BCUT2D eigenvalue weighted by Crippen LogP contribution is 2.31. The molecule has 0 aliphatic carbocycles. The number of anilines is 2. The Balaban J connectivity index is 1.83. The number of para-hydroxylation sites is 2. The average Bonchev–Trinajstić information content (AvgIpc) is 3.07. The summed E-state index contributed by atoms with van der Waals surface area (Å²) >= 11 is 2.53. The second-order valence-corrected chi connectivity index (χ2v) is 7.52. The second-order valence-electron chi connectivity index (χ2n) is 5.32. The van der Waals surface area contributed by atoms with Gasteiger partial charge in [-0.3, -0.25) is 10.1 Å². The summed E-state index contributed by atoms with van der Waals surface area (Å²) in [6, 6.07) is 7.00. The molecule has 0 aliphatic rings. The number of nitrogens with zero attached hydrogens (tertiary/aromatic N) is 2. The maximum Gasteiger partial charge on any atom is 0.321 e. The molecule has 3 amide bonds. The Bertz CT molecular complexity index is 753. The van der Waals surface area contributed by atoms with Gasteiger partial charge in [-0.05, 0) is 25.5 Å². The lowest BCUT2D eigenvalue weighted by molar-refractivity contribution is -0.117. The maximum absolute atomic E-state index is 11.8. The van der Waals surface area contributed by atoms with Crippen LogP contribution in [0.1, 0.15) is 20.3 Å². The van der Waals surface area contributed by atoms with Crippen molar-refractivity contribution in [3.63, 3.8) is 0 Å². The Kier molecular flexibility index (Phi) is 7.67. The number of carbonyl (C=O) groups excluding carboxylic acids is 2. The molecule has 0 aliphatic heterocycles. The Hall–Kier alpha value is -2.33. The van der Waals surface area contributed by atoms with Crippen molar-refractivity contribution in [2.24, 2.45) is 0 Å². The molecule has 0 saturated heterocycles. The van der Waals surface area contributed by atoms with E-state index in [1.54, 1.807) is 7.11 Å². The fraction of sp³-hybridized carbons (Fsp3) is 0.375. The molecule has 140 valence electrons. The third kappa shape index (κ3) is 6.19. The van der Waals surface area contributed by atoms with Gasteiger partial charge in [-0.1, -0.05) is 42.2 Å². The van der Waals surface area contributed by atoms with Crippen LogP contribution in [0.3, 0.4) is 0 Å². The third-order valence-corrected chi connectivity index (χ3v) is 5.30. The number of rotatable bonds is 8. The summed E-state index contributed by atoms with van der Waals surface area (Å²) < 4.78 is 5.90. The lowest BCUT2D eigenvalue weighted by Gasteiger charge is -2.11. The predicted octanol–water partition coefficient (Wildman–Crippen LogP) is 3.01. The van der Waals surface area contributed by atoms with Crippen LogP contribution in [0.4, 0.5) is 15.6 Å². The monoisotopic (exact) mass is 395 g/mol. The molecule has 2 rings (SSSR count). The minimum atomic E-state index is -0.485. The highest BCUT2D eigenvalue weighted by Gasteiger charge is 2.13.